The van der Waals surface area contributed by atoms with E-state index in [2.05, 4.69) is 0 Å². The lowest BCUT2D eigenvalue weighted by Crippen LogP contribution is -2.37. The molecule has 1 aromatic rings. The van der Waals surface area contributed by atoms with Gasteiger partial charge in [0.2, 0.25) is 0 Å². The van der Waals surface area contributed by atoms with Crippen LogP contribution in [0.3, 0.4) is 0 Å². The molecule has 0 radical (unpaired) electrons. The molecule has 1 aliphatic heterocycles. The lowest BCUT2D eigenvalue weighted by molar-refractivity contribution is -0.149. The summed E-state index contributed by atoms with van der Waals surface area (Å²) in [4.78, 5) is 11.7. The number of hydrogen-bond donors (Lipinski definition) is 1. The highest BCUT2D eigenvalue weighted by Gasteiger charge is 2.35. The highest BCUT2D eigenvalue weighted by atomic mass is 16.5. The van der Waals surface area contributed by atoms with E-state index >= 15 is 0 Å². The third-order valence-electron chi connectivity index (χ3n) is 2.86. The van der Waals surface area contributed by atoms with E-state index in [-0.39, 0.29) is 17.8 Å². The first-order valence-electron chi connectivity index (χ1n) is 5.23. The van der Waals surface area contributed by atoms with Gasteiger partial charge in [-0.3, -0.25) is 4.79 Å². The van der Waals surface area contributed by atoms with Gasteiger partial charge in [-0.1, -0.05) is 12.1 Å². The van der Waals surface area contributed by atoms with E-state index < -0.39 is 0 Å². The third-order valence-corrected chi connectivity index (χ3v) is 2.86. The molecule has 1 aliphatic rings. The van der Waals surface area contributed by atoms with Gasteiger partial charge >= 0.3 is 5.97 Å². The average molecular weight is 221 g/mol. The number of nitrogen functional groups attached to an aromatic ring is 1. The second-order valence-corrected chi connectivity index (χ2v) is 3.97. The molecule has 1 aromatic carbocycles. The van der Waals surface area contributed by atoms with Crippen molar-refractivity contribution in [1.29, 1.82) is 0 Å². The van der Waals surface area contributed by atoms with Crippen molar-refractivity contribution < 1.29 is 14.3 Å². The van der Waals surface area contributed by atoms with Crippen molar-refractivity contribution in [3.8, 4) is 0 Å². The molecule has 4 nitrogen and oxygen atoms in total. The topological polar surface area (TPSA) is 61.5 Å². The number of hydrogen-bond acceptors (Lipinski definition) is 4. The molecule has 2 N–H and O–H groups in total. The highest BCUT2D eigenvalue weighted by Crippen LogP contribution is 2.32. The Morgan fingerprint density at radius 2 is 2.31 bits per heavy atom. The maximum Gasteiger partial charge on any atom is 0.313 e. The Labute approximate surface area is 94.3 Å². The summed E-state index contributed by atoms with van der Waals surface area (Å²) in [6.45, 7) is 1.21. The van der Waals surface area contributed by atoms with Gasteiger partial charge in [-0.2, -0.15) is 0 Å². The first-order valence-corrected chi connectivity index (χ1v) is 5.23. The molecule has 1 fully saturated rings. The van der Waals surface area contributed by atoms with Gasteiger partial charge < -0.3 is 15.2 Å². The minimum Gasteiger partial charge on any atom is -0.469 e. The molecule has 0 saturated carbocycles. The molecule has 86 valence electrons. The lowest BCUT2D eigenvalue weighted by atomic mass is 9.84. The van der Waals surface area contributed by atoms with Gasteiger partial charge in [0, 0.05) is 11.6 Å². The standard InChI is InChI=1S/C12H15NO3/c1-15-12(14)11(9-6-16-7-9)8-3-2-4-10(13)5-8/h2-5,9,11H,6-7,13H2,1H3. The van der Waals surface area contributed by atoms with Gasteiger partial charge in [-0.05, 0) is 17.7 Å². The van der Waals surface area contributed by atoms with E-state index in [1.54, 1.807) is 6.07 Å². The summed E-state index contributed by atoms with van der Waals surface area (Å²) >= 11 is 0. The summed E-state index contributed by atoms with van der Waals surface area (Å²) in [7, 11) is 1.40. The summed E-state index contributed by atoms with van der Waals surface area (Å²) in [5, 5.41) is 0. The highest BCUT2D eigenvalue weighted by molar-refractivity contribution is 5.79. The molecular formula is C12H15NO3. The Balaban J connectivity index is 2.27. The predicted molar refractivity (Wildman–Crippen MR) is 59.9 cm³/mol. The van der Waals surface area contributed by atoms with Gasteiger partial charge in [0.05, 0.1) is 26.2 Å². The molecule has 0 spiro atoms. The van der Waals surface area contributed by atoms with Crippen LogP contribution in [0.4, 0.5) is 5.69 Å². The number of ether oxygens (including phenoxy) is 2. The van der Waals surface area contributed by atoms with Crippen LogP contribution >= 0.6 is 0 Å². The Kier molecular flexibility index (Phi) is 3.10. The predicted octanol–water partition coefficient (Wildman–Crippen LogP) is 1.17. The Morgan fingerprint density at radius 3 is 2.81 bits per heavy atom. The van der Waals surface area contributed by atoms with Crippen molar-refractivity contribution in [2.75, 3.05) is 26.1 Å². The number of carbonyl (C=O) groups excluding carboxylic acids is 1. The van der Waals surface area contributed by atoms with E-state index in [0.29, 0.717) is 18.9 Å². The van der Waals surface area contributed by atoms with Crippen LogP contribution in [0.15, 0.2) is 24.3 Å². The quantitative estimate of drug-likeness (QED) is 0.615. The molecule has 1 saturated heterocycles. The molecule has 1 unspecified atom stereocenters. The first-order chi connectivity index (χ1) is 7.72. The number of methoxy groups -OCH3 is 1. The Bertz CT molecular complexity index is 388. The van der Waals surface area contributed by atoms with Crippen LogP contribution in [0, 0.1) is 5.92 Å². The van der Waals surface area contributed by atoms with Crippen molar-refractivity contribution >= 4 is 11.7 Å². The van der Waals surface area contributed by atoms with Crippen molar-refractivity contribution in [1.82, 2.24) is 0 Å². The van der Waals surface area contributed by atoms with Crippen LogP contribution in [0.2, 0.25) is 0 Å². The van der Waals surface area contributed by atoms with Crippen molar-refractivity contribution in [3.05, 3.63) is 29.8 Å². The van der Waals surface area contributed by atoms with Crippen LogP contribution in [0.25, 0.3) is 0 Å². The average Bonchev–Trinajstić information content (AvgIpc) is 2.22. The van der Waals surface area contributed by atoms with Crippen molar-refractivity contribution in [3.63, 3.8) is 0 Å². The minimum atomic E-state index is -0.262. The normalized spacial score (nSPS) is 17.6. The van der Waals surface area contributed by atoms with Gasteiger partial charge in [-0.15, -0.1) is 0 Å². The zero-order valence-corrected chi connectivity index (χ0v) is 9.18. The fraction of sp³-hybridized carbons (Fsp3) is 0.417. The van der Waals surface area contributed by atoms with Crippen molar-refractivity contribution in [2.45, 2.75) is 5.92 Å². The molecule has 0 aromatic heterocycles. The van der Waals surface area contributed by atoms with Gasteiger partial charge in [0.1, 0.15) is 0 Å². The molecular weight excluding hydrogens is 206 g/mol. The third kappa shape index (κ3) is 2.02. The van der Waals surface area contributed by atoms with E-state index in [1.165, 1.54) is 7.11 Å². The van der Waals surface area contributed by atoms with Crippen LogP contribution in [0.5, 0.6) is 0 Å². The van der Waals surface area contributed by atoms with E-state index in [9.17, 15) is 4.79 Å². The molecule has 2 rings (SSSR count). The molecule has 1 heterocycles. The second-order valence-electron chi connectivity index (χ2n) is 3.97. The molecule has 4 heteroatoms. The number of esters is 1. The smallest absolute Gasteiger partial charge is 0.313 e. The zero-order chi connectivity index (χ0) is 11.5. The number of carbonyl (C=O) groups is 1. The maximum absolute atomic E-state index is 11.7. The number of nitrogens with two attached hydrogens (primary N) is 1. The van der Waals surface area contributed by atoms with Gasteiger partial charge in [-0.25, -0.2) is 0 Å². The zero-order valence-electron chi connectivity index (χ0n) is 9.18. The van der Waals surface area contributed by atoms with Crippen LogP contribution in [0.1, 0.15) is 11.5 Å². The summed E-state index contributed by atoms with van der Waals surface area (Å²) in [6, 6.07) is 7.37. The van der Waals surface area contributed by atoms with Crippen LogP contribution in [-0.2, 0) is 14.3 Å². The first kappa shape index (κ1) is 11.0. The van der Waals surface area contributed by atoms with Crippen LogP contribution in [-0.4, -0.2) is 26.3 Å². The van der Waals surface area contributed by atoms with E-state index in [1.807, 2.05) is 18.2 Å². The summed E-state index contributed by atoms with van der Waals surface area (Å²) in [6.07, 6.45) is 0. The largest absolute Gasteiger partial charge is 0.469 e. The molecule has 0 aliphatic carbocycles. The SMILES string of the molecule is COC(=O)C(c1cccc(N)c1)C1COC1. The monoisotopic (exact) mass is 221 g/mol. The Hall–Kier alpha value is -1.55. The Morgan fingerprint density at radius 1 is 1.56 bits per heavy atom. The molecule has 16 heavy (non-hydrogen) atoms. The molecule has 1 atom stereocenters. The minimum absolute atomic E-state index is 0.203. The van der Waals surface area contributed by atoms with Gasteiger partial charge in [0.15, 0.2) is 0 Å². The van der Waals surface area contributed by atoms with E-state index in [4.69, 9.17) is 15.2 Å². The van der Waals surface area contributed by atoms with Crippen LogP contribution < -0.4 is 5.73 Å². The van der Waals surface area contributed by atoms with Crippen molar-refractivity contribution in [2.24, 2.45) is 5.92 Å². The second kappa shape index (κ2) is 4.53. The molecule has 0 bridgehead atoms. The van der Waals surface area contributed by atoms with Gasteiger partial charge in [0.25, 0.3) is 0 Å². The fourth-order valence-electron chi connectivity index (χ4n) is 1.93. The number of rotatable bonds is 3. The maximum atomic E-state index is 11.7. The summed E-state index contributed by atoms with van der Waals surface area (Å²) < 4.78 is 9.95. The number of anilines is 1. The van der Waals surface area contributed by atoms with E-state index in [0.717, 1.165) is 5.56 Å². The lowest BCUT2D eigenvalue weighted by Gasteiger charge is -2.32. The molecule has 0 amide bonds. The fourth-order valence-corrected chi connectivity index (χ4v) is 1.93. The number of benzene rings is 1. The summed E-state index contributed by atoms with van der Waals surface area (Å²) in [5.74, 6) is -0.282. The summed E-state index contributed by atoms with van der Waals surface area (Å²) in [5.41, 5.74) is 7.28.